The third-order valence-electron chi connectivity index (χ3n) is 7.04. The van der Waals surface area contributed by atoms with Crippen molar-refractivity contribution in [2.45, 2.75) is 63.8 Å². The Bertz CT molecular complexity index is 867. The summed E-state index contributed by atoms with van der Waals surface area (Å²) >= 11 is 0. The molecule has 0 bridgehead atoms. The van der Waals surface area contributed by atoms with Gasteiger partial charge in [0.05, 0.1) is 24.5 Å². The maximum absolute atomic E-state index is 10.3. The second-order valence-electron chi connectivity index (χ2n) is 10.2. The first-order chi connectivity index (χ1) is 14.3. The first-order valence-corrected chi connectivity index (χ1v) is 11.3. The number of ether oxygens (including phenoxy) is 1. The molecule has 3 heterocycles. The van der Waals surface area contributed by atoms with E-state index >= 15 is 0 Å². The van der Waals surface area contributed by atoms with Crippen LogP contribution in [0, 0.1) is 17.8 Å². The lowest BCUT2D eigenvalue weighted by molar-refractivity contribution is -0.0376. The molecule has 0 radical (unpaired) electrons. The minimum absolute atomic E-state index is 0.168. The molecule has 5 rings (SSSR count). The van der Waals surface area contributed by atoms with Crippen molar-refractivity contribution < 1.29 is 9.84 Å². The number of hydrogen-bond acceptors (Lipinski definition) is 6. The molecule has 8 nitrogen and oxygen atoms in total. The van der Waals surface area contributed by atoms with Gasteiger partial charge in [0.2, 0.25) is 0 Å². The van der Waals surface area contributed by atoms with Gasteiger partial charge in [0.25, 0.3) is 0 Å². The van der Waals surface area contributed by atoms with E-state index in [0.717, 1.165) is 45.0 Å². The van der Waals surface area contributed by atoms with Crippen LogP contribution in [0.15, 0.2) is 18.6 Å². The zero-order valence-corrected chi connectivity index (χ0v) is 18.3. The lowest BCUT2D eigenvalue weighted by Gasteiger charge is -2.37. The summed E-state index contributed by atoms with van der Waals surface area (Å²) in [5.41, 5.74) is 0.920. The van der Waals surface area contributed by atoms with Crippen LogP contribution in [0.5, 0.6) is 0 Å². The molecule has 1 aliphatic heterocycles. The molecule has 164 valence electrons. The maximum Gasteiger partial charge on any atom is 0.114 e. The highest BCUT2D eigenvalue weighted by Crippen LogP contribution is 2.43. The number of rotatable bonds is 7. The highest BCUT2D eigenvalue weighted by Gasteiger charge is 2.44. The van der Waals surface area contributed by atoms with Crippen molar-refractivity contribution in [2.24, 2.45) is 24.8 Å². The van der Waals surface area contributed by atoms with Gasteiger partial charge in [-0.15, -0.1) is 5.10 Å². The highest BCUT2D eigenvalue weighted by molar-refractivity contribution is 5.07. The fourth-order valence-electron chi connectivity index (χ4n) is 5.15. The summed E-state index contributed by atoms with van der Waals surface area (Å²) in [7, 11) is 1.97. The van der Waals surface area contributed by atoms with Crippen LogP contribution in [0.1, 0.15) is 56.8 Å². The summed E-state index contributed by atoms with van der Waals surface area (Å²) in [6, 6.07) is 0.187. The summed E-state index contributed by atoms with van der Waals surface area (Å²) in [5, 5.41) is 23.3. The monoisotopic (exact) mass is 414 g/mol. The van der Waals surface area contributed by atoms with E-state index in [1.165, 1.54) is 18.4 Å². The SMILES string of the molecule is Cn1cc(CN2C[C@H]3C[C@@H](n4cc(C(C)(C)O)nn4)[C@H](OCC4CC4)C[C@H]3C2)cn1. The van der Waals surface area contributed by atoms with E-state index in [0.29, 0.717) is 17.5 Å². The number of aromatic nitrogens is 5. The summed E-state index contributed by atoms with van der Waals surface area (Å²) in [4.78, 5) is 2.57. The van der Waals surface area contributed by atoms with Crippen LogP contribution in [-0.2, 0) is 23.9 Å². The smallest absolute Gasteiger partial charge is 0.114 e. The van der Waals surface area contributed by atoms with Crippen LogP contribution in [0.4, 0.5) is 0 Å². The Morgan fingerprint density at radius 2 is 1.93 bits per heavy atom. The molecular weight excluding hydrogens is 380 g/mol. The average Bonchev–Trinajstić information content (AvgIpc) is 3.04. The van der Waals surface area contributed by atoms with Gasteiger partial charge in [-0.3, -0.25) is 9.58 Å². The Morgan fingerprint density at radius 3 is 2.57 bits per heavy atom. The quantitative estimate of drug-likeness (QED) is 0.747. The van der Waals surface area contributed by atoms with E-state index in [1.54, 1.807) is 13.8 Å². The number of likely N-dealkylation sites (tertiary alicyclic amines) is 1. The van der Waals surface area contributed by atoms with Gasteiger partial charge in [-0.05, 0) is 57.3 Å². The Balaban J connectivity index is 1.30. The van der Waals surface area contributed by atoms with Crippen molar-refractivity contribution in [1.82, 2.24) is 29.7 Å². The summed E-state index contributed by atoms with van der Waals surface area (Å²) in [6.45, 7) is 7.58. The van der Waals surface area contributed by atoms with Crippen LogP contribution >= 0.6 is 0 Å². The van der Waals surface area contributed by atoms with E-state index in [4.69, 9.17) is 4.74 Å². The molecule has 0 unspecified atom stereocenters. The molecule has 1 saturated heterocycles. The fraction of sp³-hybridized carbons (Fsp3) is 0.773. The highest BCUT2D eigenvalue weighted by atomic mass is 16.5. The van der Waals surface area contributed by atoms with Crippen molar-refractivity contribution in [3.8, 4) is 0 Å². The Morgan fingerprint density at radius 1 is 1.17 bits per heavy atom. The van der Waals surface area contributed by atoms with Gasteiger partial charge in [-0.2, -0.15) is 5.10 Å². The predicted octanol–water partition coefficient (Wildman–Crippen LogP) is 2.12. The van der Waals surface area contributed by atoms with Crippen LogP contribution in [0.3, 0.4) is 0 Å². The second-order valence-corrected chi connectivity index (χ2v) is 10.2. The molecule has 30 heavy (non-hydrogen) atoms. The molecule has 8 heteroatoms. The van der Waals surface area contributed by atoms with E-state index in [-0.39, 0.29) is 12.1 Å². The van der Waals surface area contributed by atoms with Crippen LogP contribution in [0.25, 0.3) is 0 Å². The van der Waals surface area contributed by atoms with E-state index < -0.39 is 5.60 Å². The largest absolute Gasteiger partial charge is 0.384 e. The minimum atomic E-state index is -0.978. The Hall–Kier alpha value is -1.77. The van der Waals surface area contributed by atoms with E-state index in [2.05, 4.69) is 26.5 Å². The number of hydrogen-bond donors (Lipinski definition) is 1. The van der Waals surface area contributed by atoms with Crippen molar-refractivity contribution in [1.29, 1.82) is 0 Å². The number of nitrogens with zero attached hydrogens (tertiary/aromatic N) is 6. The molecular formula is C22H34N6O2. The molecule has 2 saturated carbocycles. The van der Waals surface area contributed by atoms with Gasteiger partial charge in [0, 0.05) is 45.0 Å². The molecule has 2 aromatic rings. The van der Waals surface area contributed by atoms with Crippen molar-refractivity contribution in [3.63, 3.8) is 0 Å². The van der Waals surface area contributed by atoms with Crippen molar-refractivity contribution in [2.75, 3.05) is 19.7 Å². The third-order valence-corrected chi connectivity index (χ3v) is 7.04. The molecule has 0 aromatic carbocycles. The topological polar surface area (TPSA) is 81.2 Å². The minimum Gasteiger partial charge on any atom is -0.384 e. The van der Waals surface area contributed by atoms with Crippen molar-refractivity contribution >= 4 is 0 Å². The second kappa shape index (κ2) is 7.73. The predicted molar refractivity (Wildman–Crippen MR) is 111 cm³/mol. The van der Waals surface area contributed by atoms with Gasteiger partial charge in [0.15, 0.2) is 0 Å². The average molecular weight is 415 g/mol. The standard InChI is InChI=1S/C22H34N6O2/c1-22(2,29)21-13-28(25-24-21)19-6-17-11-27(10-16-8-23-26(3)9-16)12-18(17)7-20(19)30-14-15-4-5-15/h8-9,13,15,17-20,29H,4-7,10-12,14H2,1-3H3/t17-,18+,19-,20-/m1/s1. The molecule has 3 fully saturated rings. The maximum atomic E-state index is 10.3. The Labute approximate surface area is 178 Å². The molecule has 3 aliphatic rings. The molecule has 0 spiro atoms. The molecule has 2 aromatic heterocycles. The van der Waals surface area contributed by atoms with Crippen LogP contribution < -0.4 is 0 Å². The normalized spacial score (nSPS) is 30.0. The van der Waals surface area contributed by atoms with E-state index in [9.17, 15) is 5.11 Å². The lowest BCUT2D eigenvalue weighted by atomic mass is 9.77. The van der Waals surface area contributed by atoms with Gasteiger partial charge < -0.3 is 9.84 Å². The Kier molecular flexibility index (Phi) is 5.19. The summed E-state index contributed by atoms with van der Waals surface area (Å²) < 4.78 is 10.3. The lowest BCUT2D eigenvalue weighted by Crippen LogP contribution is -2.38. The van der Waals surface area contributed by atoms with Crippen LogP contribution in [-0.4, -0.2) is 60.6 Å². The zero-order chi connectivity index (χ0) is 20.9. The first-order valence-electron chi connectivity index (χ1n) is 11.3. The number of aliphatic hydroxyl groups is 1. The van der Waals surface area contributed by atoms with Gasteiger partial charge in [0.1, 0.15) is 11.3 Å². The molecule has 0 amide bonds. The fourth-order valence-corrected chi connectivity index (χ4v) is 5.15. The zero-order valence-electron chi connectivity index (χ0n) is 18.3. The first kappa shape index (κ1) is 20.2. The summed E-state index contributed by atoms with van der Waals surface area (Å²) in [6.07, 6.45) is 10.9. The van der Waals surface area contributed by atoms with Crippen LogP contribution in [0.2, 0.25) is 0 Å². The number of fused-ring (bicyclic) bond motifs is 1. The van der Waals surface area contributed by atoms with Gasteiger partial charge in [-0.1, -0.05) is 5.21 Å². The molecule has 2 aliphatic carbocycles. The third kappa shape index (κ3) is 4.31. The molecule has 4 atom stereocenters. The van der Waals surface area contributed by atoms with Crippen molar-refractivity contribution in [3.05, 3.63) is 29.8 Å². The van der Waals surface area contributed by atoms with Gasteiger partial charge >= 0.3 is 0 Å². The van der Waals surface area contributed by atoms with Gasteiger partial charge in [-0.25, -0.2) is 4.68 Å². The van der Waals surface area contributed by atoms with E-state index in [1.807, 2.05) is 28.8 Å². The number of aryl methyl sites for hydroxylation is 1. The molecule has 1 N–H and O–H groups in total. The summed E-state index contributed by atoms with van der Waals surface area (Å²) in [5.74, 6) is 2.05.